The number of halogens is 1. The third-order valence-electron chi connectivity index (χ3n) is 6.02. The third-order valence-corrected chi connectivity index (χ3v) is 6.02. The second-order valence-electron chi connectivity index (χ2n) is 7.62. The van der Waals surface area contributed by atoms with Crippen molar-refractivity contribution in [3.05, 3.63) is 41.7 Å². The minimum Gasteiger partial charge on any atom is -0.497 e. The minimum atomic E-state index is -0.0681. The van der Waals surface area contributed by atoms with Gasteiger partial charge in [0.2, 0.25) is 5.91 Å². The third kappa shape index (κ3) is 4.07. The molecule has 29 heavy (non-hydrogen) atoms. The van der Waals surface area contributed by atoms with Crippen LogP contribution in [-0.4, -0.2) is 54.4 Å². The van der Waals surface area contributed by atoms with Crippen LogP contribution >= 0.6 is 12.4 Å². The molecule has 1 N–H and O–H groups in total. The van der Waals surface area contributed by atoms with Gasteiger partial charge in [0, 0.05) is 44.4 Å². The van der Waals surface area contributed by atoms with Gasteiger partial charge in [-0.15, -0.1) is 12.4 Å². The predicted octanol–water partition coefficient (Wildman–Crippen LogP) is 2.53. The number of rotatable bonds is 5. The molecule has 0 radical (unpaired) electrons. The van der Waals surface area contributed by atoms with Gasteiger partial charge < -0.3 is 19.7 Å². The second-order valence-corrected chi connectivity index (χ2v) is 7.62. The van der Waals surface area contributed by atoms with Crippen molar-refractivity contribution in [2.75, 3.05) is 33.9 Å². The zero-order valence-electron chi connectivity index (χ0n) is 17.1. The monoisotopic (exact) mass is 420 g/mol. The first-order valence-electron chi connectivity index (χ1n) is 9.84. The molecule has 2 aliphatic heterocycles. The van der Waals surface area contributed by atoms with E-state index in [1.807, 2.05) is 42.5 Å². The molecule has 0 spiro atoms. The number of carbonyl (C=O) groups excluding carboxylic acids is 1. The van der Waals surface area contributed by atoms with Crippen LogP contribution in [0.1, 0.15) is 35.9 Å². The summed E-state index contributed by atoms with van der Waals surface area (Å²) in [7, 11) is 5.24. The zero-order valence-corrected chi connectivity index (χ0v) is 17.9. The molecule has 2 fully saturated rings. The van der Waals surface area contributed by atoms with E-state index in [-0.39, 0.29) is 36.2 Å². The summed E-state index contributed by atoms with van der Waals surface area (Å²) in [5.74, 6) is 1.90. The maximum Gasteiger partial charge on any atom is 0.228 e. The normalized spacial score (nSPS) is 23.7. The molecule has 3 atom stereocenters. The van der Waals surface area contributed by atoms with Crippen LogP contribution in [0.25, 0.3) is 0 Å². The highest BCUT2D eigenvalue weighted by atomic mass is 35.5. The first kappa shape index (κ1) is 21.5. The molecule has 158 valence electrons. The van der Waals surface area contributed by atoms with Gasteiger partial charge in [0.25, 0.3) is 0 Å². The van der Waals surface area contributed by atoms with E-state index in [4.69, 9.17) is 9.47 Å². The summed E-state index contributed by atoms with van der Waals surface area (Å²) in [6, 6.07) is 5.83. The number of likely N-dealkylation sites (tertiary alicyclic amines) is 1. The van der Waals surface area contributed by atoms with Crippen LogP contribution in [0.5, 0.6) is 11.5 Å². The SMILES string of the molecule is COc1ccc(OC)c(C2CCCN2C(=O)[C@H]2CNC[C@@H]2c2cnn(C)c2)c1.Cl. The van der Waals surface area contributed by atoms with Crippen LogP contribution < -0.4 is 14.8 Å². The van der Waals surface area contributed by atoms with Crippen molar-refractivity contribution in [3.63, 3.8) is 0 Å². The van der Waals surface area contributed by atoms with E-state index < -0.39 is 0 Å². The Morgan fingerprint density at radius 2 is 2.07 bits per heavy atom. The first-order valence-corrected chi connectivity index (χ1v) is 9.84. The molecule has 7 nitrogen and oxygen atoms in total. The summed E-state index contributed by atoms with van der Waals surface area (Å²) >= 11 is 0. The van der Waals surface area contributed by atoms with Gasteiger partial charge in [0.15, 0.2) is 0 Å². The fourth-order valence-corrected chi connectivity index (χ4v) is 4.59. The first-order chi connectivity index (χ1) is 13.6. The van der Waals surface area contributed by atoms with E-state index in [1.54, 1.807) is 18.9 Å². The Kier molecular flexibility index (Phi) is 6.70. The van der Waals surface area contributed by atoms with Crippen molar-refractivity contribution >= 4 is 18.3 Å². The van der Waals surface area contributed by atoms with Crippen molar-refractivity contribution in [2.24, 2.45) is 13.0 Å². The van der Waals surface area contributed by atoms with Crippen LogP contribution in [0.3, 0.4) is 0 Å². The number of amides is 1. The lowest BCUT2D eigenvalue weighted by Crippen LogP contribution is -2.38. The molecular weight excluding hydrogens is 392 g/mol. The number of ether oxygens (including phenoxy) is 2. The Balaban J connectivity index is 0.00000240. The fraction of sp³-hybridized carbons (Fsp3) is 0.524. The van der Waals surface area contributed by atoms with Gasteiger partial charge in [-0.1, -0.05) is 0 Å². The Hall–Kier alpha value is -2.25. The van der Waals surface area contributed by atoms with Crippen LogP contribution in [0, 0.1) is 5.92 Å². The molecule has 3 heterocycles. The molecule has 4 rings (SSSR count). The molecule has 2 saturated heterocycles. The Morgan fingerprint density at radius 1 is 1.24 bits per heavy atom. The highest BCUT2D eigenvalue weighted by Crippen LogP contribution is 2.41. The lowest BCUT2D eigenvalue weighted by atomic mass is 9.89. The van der Waals surface area contributed by atoms with Crippen molar-refractivity contribution < 1.29 is 14.3 Å². The predicted molar refractivity (Wildman–Crippen MR) is 113 cm³/mol. The number of nitrogens with zero attached hydrogens (tertiary/aromatic N) is 3. The summed E-state index contributed by atoms with van der Waals surface area (Å²) in [6.07, 6.45) is 5.83. The van der Waals surface area contributed by atoms with Crippen LogP contribution in [0.4, 0.5) is 0 Å². The van der Waals surface area contributed by atoms with Gasteiger partial charge in [0.05, 0.1) is 32.4 Å². The molecule has 0 bridgehead atoms. The molecule has 0 aliphatic carbocycles. The van der Waals surface area contributed by atoms with Gasteiger partial charge in [-0.3, -0.25) is 9.48 Å². The molecule has 2 aromatic rings. The maximum atomic E-state index is 13.6. The summed E-state index contributed by atoms with van der Waals surface area (Å²) < 4.78 is 12.8. The number of methoxy groups -OCH3 is 2. The number of hydrogen-bond donors (Lipinski definition) is 1. The average molecular weight is 421 g/mol. The van der Waals surface area contributed by atoms with Gasteiger partial charge in [-0.25, -0.2) is 0 Å². The van der Waals surface area contributed by atoms with Crippen molar-refractivity contribution in [3.8, 4) is 11.5 Å². The topological polar surface area (TPSA) is 68.6 Å². The molecule has 8 heteroatoms. The van der Waals surface area contributed by atoms with E-state index in [1.165, 1.54) is 0 Å². The minimum absolute atomic E-state index is 0. The number of aromatic nitrogens is 2. The summed E-state index contributed by atoms with van der Waals surface area (Å²) in [6.45, 7) is 2.29. The van der Waals surface area contributed by atoms with E-state index >= 15 is 0 Å². The largest absolute Gasteiger partial charge is 0.497 e. The van der Waals surface area contributed by atoms with Gasteiger partial charge in [-0.05, 0) is 36.6 Å². The number of nitrogens with one attached hydrogen (secondary N) is 1. The van der Waals surface area contributed by atoms with Crippen LogP contribution in [0.15, 0.2) is 30.6 Å². The molecule has 1 aromatic carbocycles. The van der Waals surface area contributed by atoms with Crippen LogP contribution in [-0.2, 0) is 11.8 Å². The van der Waals surface area contributed by atoms with Crippen LogP contribution in [0.2, 0.25) is 0 Å². The van der Waals surface area contributed by atoms with Gasteiger partial charge in [-0.2, -0.15) is 5.10 Å². The molecule has 2 aliphatic rings. The number of aryl methyl sites for hydroxylation is 1. The Labute approximate surface area is 177 Å². The van der Waals surface area contributed by atoms with Crippen molar-refractivity contribution in [2.45, 2.75) is 24.8 Å². The lowest BCUT2D eigenvalue weighted by molar-refractivity contribution is -0.136. The standard InChI is InChI=1S/C21H28N4O3.ClH/c1-24-13-14(10-23-24)17-11-22-12-18(17)21(26)25-8-4-5-19(25)16-9-15(27-2)6-7-20(16)28-3;/h6-7,9-10,13,17-19,22H,4-5,8,11-12H2,1-3H3;1H/t17-,18+,19?;/m1./s1. The molecular formula is C21H29ClN4O3. The van der Waals surface area contributed by atoms with E-state index in [0.717, 1.165) is 48.6 Å². The highest BCUT2D eigenvalue weighted by molar-refractivity contribution is 5.85. The van der Waals surface area contributed by atoms with Crippen molar-refractivity contribution in [1.82, 2.24) is 20.0 Å². The zero-order chi connectivity index (χ0) is 19.7. The summed E-state index contributed by atoms with van der Waals surface area (Å²) in [5, 5.41) is 7.69. The maximum absolute atomic E-state index is 13.6. The molecule has 1 unspecified atom stereocenters. The highest BCUT2D eigenvalue weighted by Gasteiger charge is 2.41. The number of hydrogen-bond acceptors (Lipinski definition) is 5. The van der Waals surface area contributed by atoms with E-state index in [2.05, 4.69) is 10.4 Å². The smallest absolute Gasteiger partial charge is 0.228 e. The summed E-state index contributed by atoms with van der Waals surface area (Å²) in [4.78, 5) is 15.6. The van der Waals surface area contributed by atoms with E-state index in [0.29, 0.717) is 6.54 Å². The van der Waals surface area contributed by atoms with Crippen molar-refractivity contribution in [1.29, 1.82) is 0 Å². The Bertz CT molecular complexity index is 856. The molecule has 1 amide bonds. The quantitative estimate of drug-likeness (QED) is 0.805. The van der Waals surface area contributed by atoms with Gasteiger partial charge in [0.1, 0.15) is 11.5 Å². The lowest BCUT2D eigenvalue weighted by Gasteiger charge is -2.30. The van der Waals surface area contributed by atoms with Gasteiger partial charge >= 0.3 is 0 Å². The fourth-order valence-electron chi connectivity index (χ4n) is 4.59. The average Bonchev–Trinajstić information content (AvgIpc) is 3.46. The molecule has 1 aromatic heterocycles. The second kappa shape index (κ2) is 9.05. The molecule has 0 saturated carbocycles. The van der Waals surface area contributed by atoms with E-state index in [9.17, 15) is 4.79 Å². The number of carbonyl (C=O) groups is 1. The number of benzene rings is 1. The summed E-state index contributed by atoms with van der Waals surface area (Å²) in [5.41, 5.74) is 2.15. The Morgan fingerprint density at radius 3 is 2.76 bits per heavy atom.